The van der Waals surface area contributed by atoms with E-state index in [1.54, 1.807) is 24.4 Å². The first-order chi connectivity index (χ1) is 11.4. The number of aromatic amines is 1. The molecule has 0 radical (unpaired) electrons. The summed E-state index contributed by atoms with van der Waals surface area (Å²) in [6.45, 7) is 4.04. The van der Waals surface area contributed by atoms with Crippen molar-refractivity contribution < 1.29 is 9.59 Å². The number of hydrogen-bond acceptors (Lipinski definition) is 4. The molecule has 6 heteroatoms. The van der Waals surface area contributed by atoms with Crippen LogP contribution in [-0.4, -0.2) is 21.7 Å². The Balaban J connectivity index is 1.81. The van der Waals surface area contributed by atoms with Crippen LogP contribution in [-0.2, 0) is 6.54 Å². The van der Waals surface area contributed by atoms with Gasteiger partial charge in [0.15, 0.2) is 5.78 Å². The fraction of sp³-hybridized carbons (Fsp3) is 0.167. The monoisotopic (exact) mass is 322 g/mol. The number of amides is 1. The number of pyridine rings is 1. The molecule has 0 aliphatic rings. The molecule has 0 unspecified atom stereocenters. The molecule has 0 aliphatic heterocycles. The second-order valence-electron chi connectivity index (χ2n) is 5.76. The van der Waals surface area contributed by atoms with Gasteiger partial charge in [-0.05, 0) is 42.3 Å². The normalized spacial score (nSPS) is 10.8. The van der Waals surface area contributed by atoms with E-state index in [9.17, 15) is 9.59 Å². The Morgan fingerprint density at radius 3 is 2.75 bits per heavy atom. The van der Waals surface area contributed by atoms with Gasteiger partial charge in [0, 0.05) is 24.4 Å². The number of aryl methyl sites for hydroxylation is 1. The van der Waals surface area contributed by atoms with Crippen molar-refractivity contribution in [2.75, 3.05) is 5.32 Å². The number of rotatable bonds is 5. The van der Waals surface area contributed by atoms with Gasteiger partial charge < -0.3 is 16.0 Å². The standard InChI is InChI=1S/C18H18N4O2/c1-10-3-4-12(17(19)24)5-14(10)8-20-15-6-13-7-16(11(2)23)22-18(13)21-9-15/h3-7,9,20H,8H2,1-2H3,(H2,19,24)(H,21,22). The topological polar surface area (TPSA) is 101 Å². The maximum Gasteiger partial charge on any atom is 0.248 e. The molecular formula is C18H18N4O2. The molecule has 6 nitrogen and oxygen atoms in total. The molecule has 0 aliphatic carbocycles. The van der Waals surface area contributed by atoms with Crippen molar-refractivity contribution >= 4 is 28.4 Å². The predicted octanol–water partition coefficient (Wildman–Crippen LogP) is 2.78. The second-order valence-corrected chi connectivity index (χ2v) is 5.76. The van der Waals surface area contributed by atoms with Crippen LogP contribution in [0.5, 0.6) is 0 Å². The zero-order valence-electron chi connectivity index (χ0n) is 13.5. The van der Waals surface area contributed by atoms with Crippen LogP contribution in [0.15, 0.2) is 36.5 Å². The molecule has 3 rings (SSSR count). The molecule has 0 bridgehead atoms. The maximum atomic E-state index is 11.4. The van der Waals surface area contributed by atoms with Gasteiger partial charge in [-0.2, -0.15) is 0 Å². The number of hydrogen-bond donors (Lipinski definition) is 3. The van der Waals surface area contributed by atoms with Crippen molar-refractivity contribution in [3.05, 3.63) is 58.9 Å². The van der Waals surface area contributed by atoms with E-state index in [4.69, 9.17) is 5.73 Å². The minimum Gasteiger partial charge on any atom is -0.380 e. The van der Waals surface area contributed by atoms with Gasteiger partial charge in [0.1, 0.15) is 5.65 Å². The largest absolute Gasteiger partial charge is 0.380 e. The fourth-order valence-corrected chi connectivity index (χ4v) is 2.51. The first-order valence-corrected chi connectivity index (χ1v) is 7.57. The van der Waals surface area contributed by atoms with Crippen LogP contribution < -0.4 is 11.1 Å². The highest BCUT2D eigenvalue weighted by atomic mass is 16.1. The van der Waals surface area contributed by atoms with Crippen LogP contribution in [0.1, 0.15) is 38.9 Å². The zero-order chi connectivity index (χ0) is 17.3. The summed E-state index contributed by atoms with van der Waals surface area (Å²) in [5, 5.41) is 4.15. The van der Waals surface area contributed by atoms with Crippen molar-refractivity contribution in [1.82, 2.24) is 9.97 Å². The third kappa shape index (κ3) is 3.12. The van der Waals surface area contributed by atoms with Gasteiger partial charge in [0.05, 0.1) is 17.6 Å². The molecule has 0 spiro atoms. The number of Topliss-reactive ketones (excluding diaryl/α,β-unsaturated/α-hetero) is 1. The molecule has 0 atom stereocenters. The SMILES string of the molecule is CC(=O)c1cc2cc(NCc3cc(C(N)=O)ccc3C)cnc2[nH]1. The van der Waals surface area contributed by atoms with Gasteiger partial charge in [0.25, 0.3) is 0 Å². The minimum absolute atomic E-state index is 0.0265. The van der Waals surface area contributed by atoms with Gasteiger partial charge >= 0.3 is 0 Å². The average Bonchev–Trinajstić information content (AvgIpc) is 2.97. The van der Waals surface area contributed by atoms with E-state index in [1.807, 2.05) is 19.1 Å². The first-order valence-electron chi connectivity index (χ1n) is 7.57. The molecule has 2 heterocycles. The lowest BCUT2D eigenvalue weighted by molar-refractivity contribution is 0.0995. The summed E-state index contributed by atoms with van der Waals surface area (Å²) in [7, 11) is 0. The number of fused-ring (bicyclic) bond motifs is 1. The molecule has 1 amide bonds. The molecule has 3 aromatic rings. The van der Waals surface area contributed by atoms with Crippen LogP contribution in [0.25, 0.3) is 11.0 Å². The number of carbonyl (C=O) groups excluding carboxylic acids is 2. The number of anilines is 1. The van der Waals surface area contributed by atoms with E-state index in [2.05, 4.69) is 15.3 Å². The minimum atomic E-state index is -0.441. The Bertz CT molecular complexity index is 943. The molecule has 24 heavy (non-hydrogen) atoms. The Morgan fingerprint density at radius 1 is 1.25 bits per heavy atom. The van der Waals surface area contributed by atoms with Crippen molar-refractivity contribution in [3.63, 3.8) is 0 Å². The molecule has 0 fully saturated rings. The third-order valence-corrected chi connectivity index (χ3v) is 3.97. The van der Waals surface area contributed by atoms with Crippen molar-refractivity contribution in [2.24, 2.45) is 5.73 Å². The average molecular weight is 322 g/mol. The molecule has 2 aromatic heterocycles. The van der Waals surface area contributed by atoms with Crippen LogP contribution in [0.3, 0.4) is 0 Å². The number of H-pyrrole nitrogens is 1. The molecule has 4 N–H and O–H groups in total. The van der Waals surface area contributed by atoms with E-state index in [0.717, 1.165) is 22.2 Å². The maximum absolute atomic E-state index is 11.4. The van der Waals surface area contributed by atoms with E-state index < -0.39 is 5.91 Å². The van der Waals surface area contributed by atoms with Crippen LogP contribution >= 0.6 is 0 Å². The lowest BCUT2D eigenvalue weighted by Crippen LogP contribution is -2.12. The number of nitrogens with zero attached hydrogens (tertiary/aromatic N) is 1. The lowest BCUT2D eigenvalue weighted by Gasteiger charge is -2.10. The number of primary amides is 1. The van der Waals surface area contributed by atoms with Gasteiger partial charge in [-0.25, -0.2) is 4.98 Å². The summed E-state index contributed by atoms with van der Waals surface area (Å²) in [6, 6.07) is 9.11. The number of aromatic nitrogens is 2. The fourth-order valence-electron chi connectivity index (χ4n) is 2.51. The zero-order valence-corrected chi connectivity index (χ0v) is 13.5. The summed E-state index contributed by atoms with van der Waals surface area (Å²) in [6.07, 6.45) is 1.70. The van der Waals surface area contributed by atoms with Crippen LogP contribution in [0.2, 0.25) is 0 Å². The Morgan fingerprint density at radius 2 is 2.04 bits per heavy atom. The smallest absolute Gasteiger partial charge is 0.248 e. The summed E-state index contributed by atoms with van der Waals surface area (Å²) in [4.78, 5) is 30.0. The van der Waals surface area contributed by atoms with E-state index in [1.165, 1.54) is 6.92 Å². The quantitative estimate of drug-likeness (QED) is 0.629. The summed E-state index contributed by atoms with van der Waals surface area (Å²) >= 11 is 0. The second kappa shape index (κ2) is 6.16. The van der Waals surface area contributed by atoms with Crippen LogP contribution in [0, 0.1) is 6.92 Å². The molecule has 0 saturated heterocycles. The Hall–Kier alpha value is -3.15. The molecule has 122 valence electrons. The summed E-state index contributed by atoms with van der Waals surface area (Å²) in [5.41, 5.74) is 9.93. The van der Waals surface area contributed by atoms with Gasteiger partial charge in [-0.15, -0.1) is 0 Å². The summed E-state index contributed by atoms with van der Waals surface area (Å²) in [5.74, 6) is -0.468. The highest BCUT2D eigenvalue weighted by molar-refractivity contribution is 5.97. The summed E-state index contributed by atoms with van der Waals surface area (Å²) < 4.78 is 0. The predicted molar refractivity (Wildman–Crippen MR) is 93.1 cm³/mol. The number of benzene rings is 1. The number of nitrogens with one attached hydrogen (secondary N) is 2. The van der Waals surface area contributed by atoms with Gasteiger partial charge in [0.2, 0.25) is 5.91 Å². The molecule has 0 saturated carbocycles. The number of carbonyl (C=O) groups is 2. The first kappa shape index (κ1) is 15.7. The Labute approximate surface area is 139 Å². The van der Waals surface area contributed by atoms with Gasteiger partial charge in [-0.1, -0.05) is 6.07 Å². The van der Waals surface area contributed by atoms with Crippen molar-refractivity contribution in [2.45, 2.75) is 20.4 Å². The third-order valence-electron chi connectivity index (χ3n) is 3.97. The molecule has 1 aromatic carbocycles. The van der Waals surface area contributed by atoms with E-state index >= 15 is 0 Å². The Kier molecular flexibility index (Phi) is 4.04. The van der Waals surface area contributed by atoms with Crippen molar-refractivity contribution in [3.8, 4) is 0 Å². The highest BCUT2D eigenvalue weighted by Gasteiger charge is 2.08. The van der Waals surface area contributed by atoms with Gasteiger partial charge in [-0.3, -0.25) is 9.59 Å². The lowest BCUT2D eigenvalue weighted by atomic mass is 10.0. The van der Waals surface area contributed by atoms with Crippen molar-refractivity contribution in [1.29, 1.82) is 0 Å². The molecular weight excluding hydrogens is 304 g/mol. The number of nitrogens with two attached hydrogens (primary N) is 1. The number of ketones is 1. The van der Waals surface area contributed by atoms with Crippen LogP contribution in [0.4, 0.5) is 5.69 Å². The van der Waals surface area contributed by atoms with E-state index in [0.29, 0.717) is 23.4 Å². The van der Waals surface area contributed by atoms with E-state index in [-0.39, 0.29) is 5.78 Å². The highest BCUT2D eigenvalue weighted by Crippen LogP contribution is 2.19.